The summed E-state index contributed by atoms with van der Waals surface area (Å²) in [5, 5.41) is 6.04. The van der Waals surface area contributed by atoms with E-state index in [-0.39, 0.29) is 11.8 Å². The first-order valence-electron chi connectivity index (χ1n) is 6.40. The van der Waals surface area contributed by atoms with E-state index in [4.69, 9.17) is 5.73 Å². The van der Waals surface area contributed by atoms with Gasteiger partial charge >= 0.3 is 0 Å². The Balaban J connectivity index is 1.70. The lowest BCUT2D eigenvalue weighted by Crippen LogP contribution is -2.37. The molecular weight excluding hydrogens is 228 g/mol. The van der Waals surface area contributed by atoms with Crippen LogP contribution in [0.1, 0.15) is 24.8 Å². The van der Waals surface area contributed by atoms with E-state index in [1.54, 1.807) is 6.20 Å². The van der Waals surface area contributed by atoms with Gasteiger partial charge in [-0.1, -0.05) is 6.42 Å². The molecule has 1 fully saturated rings. The number of hydrogen-bond acceptors (Lipinski definition) is 4. The van der Waals surface area contributed by atoms with Crippen LogP contribution in [0.3, 0.4) is 0 Å². The molecule has 5 nitrogen and oxygen atoms in total. The quantitative estimate of drug-likeness (QED) is 0.686. The number of nitrogens with zero attached hydrogens (tertiary/aromatic N) is 1. The monoisotopic (exact) mass is 248 g/mol. The molecule has 5 heteroatoms. The van der Waals surface area contributed by atoms with Crippen LogP contribution in [0.4, 0.5) is 11.5 Å². The van der Waals surface area contributed by atoms with Crippen molar-refractivity contribution in [2.75, 3.05) is 24.1 Å². The van der Waals surface area contributed by atoms with Gasteiger partial charge in [0, 0.05) is 25.2 Å². The third kappa shape index (κ3) is 3.12. The van der Waals surface area contributed by atoms with Crippen LogP contribution in [-0.2, 0) is 4.79 Å². The molecule has 1 aromatic rings. The highest BCUT2D eigenvalue weighted by Gasteiger charge is 2.24. The lowest BCUT2D eigenvalue weighted by atomic mass is 9.85. The average Bonchev–Trinajstić information content (AvgIpc) is 2.24. The number of nitrogens with two attached hydrogens (primary N) is 1. The van der Waals surface area contributed by atoms with Crippen LogP contribution in [0.2, 0.25) is 0 Å². The van der Waals surface area contributed by atoms with Crippen molar-refractivity contribution >= 4 is 17.4 Å². The van der Waals surface area contributed by atoms with Crippen molar-refractivity contribution in [3.05, 3.63) is 17.8 Å². The van der Waals surface area contributed by atoms with E-state index in [0.717, 1.165) is 18.4 Å². The SMILES string of the molecule is Cc1cnc(NCCNC(=O)C2CCC2)c(N)c1. The summed E-state index contributed by atoms with van der Waals surface area (Å²) >= 11 is 0. The van der Waals surface area contributed by atoms with Gasteiger partial charge in [-0.25, -0.2) is 4.98 Å². The fourth-order valence-corrected chi connectivity index (χ4v) is 1.92. The van der Waals surface area contributed by atoms with Crippen LogP contribution in [0.15, 0.2) is 12.3 Å². The van der Waals surface area contributed by atoms with Crippen molar-refractivity contribution in [3.8, 4) is 0 Å². The van der Waals surface area contributed by atoms with Crippen molar-refractivity contribution in [1.29, 1.82) is 0 Å². The molecule has 0 saturated heterocycles. The number of aromatic nitrogens is 1. The third-order valence-electron chi connectivity index (χ3n) is 3.25. The summed E-state index contributed by atoms with van der Waals surface area (Å²) < 4.78 is 0. The molecule has 0 aliphatic heterocycles. The van der Waals surface area contributed by atoms with Gasteiger partial charge in [-0.05, 0) is 31.4 Å². The van der Waals surface area contributed by atoms with Crippen molar-refractivity contribution in [2.45, 2.75) is 26.2 Å². The van der Waals surface area contributed by atoms with Gasteiger partial charge < -0.3 is 16.4 Å². The van der Waals surface area contributed by atoms with Gasteiger partial charge in [0.05, 0.1) is 5.69 Å². The second kappa shape index (κ2) is 5.71. The number of hydrogen-bond donors (Lipinski definition) is 3. The molecular formula is C13H20N4O. The van der Waals surface area contributed by atoms with E-state index in [0.29, 0.717) is 24.6 Å². The smallest absolute Gasteiger partial charge is 0.223 e. The predicted molar refractivity (Wildman–Crippen MR) is 72.2 cm³/mol. The number of pyridine rings is 1. The van der Waals surface area contributed by atoms with Crippen LogP contribution >= 0.6 is 0 Å². The first-order chi connectivity index (χ1) is 8.66. The molecule has 0 atom stereocenters. The van der Waals surface area contributed by atoms with Gasteiger partial charge in [0.25, 0.3) is 0 Å². The maximum atomic E-state index is 11.6. The van der Waals surface area contributed by atoms with E-state index in [1.807, 2.05) is 13.0 Å². The lowest BCUT2D eigenvalue weighted by molar-refractivity contribution is -0.127. The largest absolute Gasteiger partial charge is 0.396 e. The van der Waals surface area contributed by atoms with Gasteiger partial charge in [0.15, 0.2) is 0 Å². The molecule has 0 aromatic carbocycles. The Morgan fingerprint density at radius 2 is 2.28 bits per heavy atom. The number of amides is 1. The maximum absolute atomic E-state index is 11.6. The Labute approximate surface area is 107 Å². The topological polar surface area (TPSA) is 80.0 Å². The molecule has 2 rings (SSSR count). The summed E-state index contributed by atoms with van der Waals surface area (Å²) in [6.45, 7) is 3.19. The lowest BCUT2D eigenvalue weighted by Gasteiger charge is -2.24. The number of carbonyl (C=O) groups excluding carboxylic acids is 1. The Bertz CT molecular complexity index is 429. The summed E-state index contributed by atoms with van der Waals surface area (Å²) in [5.74, 6) is 1.10. The zero-order valence-electron chi connectivity index (χ0n) is 10.7. The second-order valence-corrected chi connectivity index (χ2v) is 4.80. The maximum Gasteiger partial charge on any atom is 0.223 e. The Hall–Kier alpha value is -1.78. The number of rotatable bonds is 5. The van der Waals surface area contributed by atoms with Gasteiger partial charge in [-0.2, -0.15) is 0 Å². The van der Waals surface area contributed by atoms with Gasteiger partial charge in [-0.15, -0.1) is 0 Å². The first kappa shape index (κ1) is 12.7. The Morgan fingerprint density at radius 3 is 2.89 bits per heavy atom. The minimum atomic E-state index is 0.174. The van der Waals surface area contributed by atoms with Crippen LogP contribution in [-0.4, -0.2) is 24.0 Å². The molecule has 0 bridgehead atoms. The molecule has 1 heterocycles. The van der Waals surface area contributed by atoms with E-state index in [9.17, 15) is 4.79 Å². The highest BCUT2D eigenvalue weighted by atomic mass is 16.1. The van der Waals surface area contributed by atoms with E-state index in [2.05, 4.69) is 15.6 Å². The zero-order valence-corrected chi connectivity index (χ0v) is 10.7. The summed E-state index contributed by atoms with van der Waals surface area (Å²) in [6, 6.07) is 1.88. The van der Waals surface area contributed by atoms with Gasteiger partial charge in [0.1, 0.15) is 5.82 Å². The van der Waals surface area contributed by atoms with Gasteiger partial charge in [-0.3, -0.25) is 4.79 Å². The number of nitrogen functional groups attached to an aromatic ring is 1. The molecule has 1 aromatic heterocycles. The second-order valence-electron chi connectivity index (χ2n) is 4.80. The van der Waals surface area contributed by atoms with Crippen molar-refractivity contribution in [2.24, 2.45) is 5.92 Å². The number of nitrogens with one attached hydrogen (secondary N) is 2. The third-order valence-corrected chi connectivity index (χ3v) is 3.25. The molecule has 1 saturated carbocycles. The van der Waals surface area contributed by atoms with Crippen LogP contribution in [0.25, 0.3) is 0 Å². The number of aryl methyl sites for hydroxylation is 1. The molecule has 1 aliphatic carbocycles. The summed E-state index contributed by atoms with van der Waals surface area (Å²) in [4.78, 5) is 15.8. The van der Waals surface area contributed by atoms with Crippen molar-refractivity contribution in [3.63, 3.8) is 0 Å². The zero-order chi connectivity index (χ0) is 13.0. The van der Waals surface area contributed by atoms with Crippen LogP contribution in [0.5, 0.6) is 0 Å². The molecule has 98 valence electrons. The fraction of sp³-hybridized carbons (Fsp3) is 0.538. The molecule has 0 radical (unpaired) electrons. The van der Waals surface area contributed by atoms with Crippen molar-refractivity contribution < 1.29 is 4.79 Å². The van der Waals surface area contributed by atoms with Crippen LogP contribution < -0.4 is 16.4 Å². The minimum Gasteiger partial charge on any atom is -0.396 e. The van der Waals surface area contributed by atoms with Gasteiger partial charge in [0.2, 0.25) is 5.91 Å². The highest BCUT2D eigenvalue weighted by molar-refractivity contribution is 5.79. The molecule has 4 N–H and O–H groups in total. The van der Waals surface area contributed by atoms with E-state index >= 15 is 0 Å². The summed E-state index contributed by atoms with van der Waals surface area (Å²) in [7, 11) is 0. The summed E-state index contributed by atoms with van der Waals surface area (Å²) in [6.07, 6.45) is 5.02. The molecule has 1 aliphatic rings. The fourth-order valence-electron chi connectivity index (χ4n) is 1.92. The Morgan fingerprint density at radius 1 is 1.50 bits per heavy atom. The first-order valence-corrected chi connectivity index (χ1v) is 6.40. The molecule has 1 amide bonds. The normalized spacial score (nSPS) is 14.9. The number of anilines is 2. The average molecular weight is 248 g/mol. The standard InChI is InChI=1S/C13H20N4O/c1-9-7-11(14)12(17-8-9)15-5-6-16-13(18)10-3-2-4-10/h7-8,10H,2-6,14H2,1H3,(H,15,17)(H,16,18). The van der Waals surface area contributed by atoms with E-state index in [1.165, 1.54) is 6.42 Å². The highest BCUT2D eigenvalue weighted by Crippen LogP contribution is 2.26. The summed E-state index contributed by atoms with van der Waals surface area (Å²) in [5.41, 5.74) is 7.51. The molecule has 0 spiro atoms. The number of carbonyl (C=O) groups is 1. The van der Waals surface area contributed by atoms with Crippen molar-refractivity contribution in [1.82, 2.24) is 10.3 Å². The minimum absolute atomic E-state index is 0.174. The molecule has 0 unspecified atom stereocenters. The molecule has 18 heavy (non-hydrogen) atoms. The predicted octanol–water partition coefficient (Wildman–Crippen LogP) is 1.30. The van der Waals surface area contributed by atoms with E-state index < -0.39 is 0 Å². The van der Waals surface area contributed by atoms with Crippen LogP contribution in [0, 0.1) is 12.8 Å². The Kier molecular flexibility index (Phi) is 4.02.